The number of rotatable bonds is 7. The molecule has 3 heterocycles. The van der Waals surface area contributed by atoms with Crippen molar-refractivity contribution in [2.45, 2.75) is 19.5 Å². The molecule has 0 spiro atoms. The largest absolute Gasteiger partial charge is 0.378 e. The molecule has 1 aromatic carbocycles. The van der Waals surface area contributed by atoms with Gasteiger partial charge in [-0.25, -0.2) is 0 Å². The Kier molecular flexibility index (Phi) is 6.61. The van der Waals surface area contributed by atoms with Gasteiger partial charge in [0, 0.05) is 45.3 Å². The second kappa shape index (κ2) is 9.55. The summed E-state index contributed by atoms with van der Waals surface area (Å²) in [5, 5.41) is 9.17. The van der Waals surface area contributed by atoms with E-state index in [1.54, 1.807) is 16.2 Å². The van der Waals surface area contributed by atoms with Gasteiger partial charge in [0.1, 0.15) is 0 Å². The Bertz CT molecular complexity index is 1040. The molecule has 3 aromatic rings. The van der Waals surface area contributed by atoms with E-state index in [0.717, 1.165) is 42.6 Å². The van der Waals surface area contributed by atoms with E-state index < -0.39 is 0 Å². The number of nitrogens with zero attached hydrogens (tertiary/aromatic N) is 4. The van der Waals surface area contributed by atoms with Gasteiger partial charge in [-0.2, -0.15) is 5.10 Å². The smallest absolute Gasteiger partial charge is 0.224 e. The molecule has 158 valence electrons. The zero-order valence-electron chi connectivity index (χ0n) is 16.9. The molecular weight excluding hydrogens is 418 g/mol. The van der Waals surface area contributed by atoms with Gasteiger partial charge in [-0.15, -0.1) is 11.3 Å². The fourth-order valence-corrected chi connectivity index (χ4v) is 4.56. The molecule has 1 amide bonds. The Morgan fingerprint density at radius 3 is 2.83 bits per heavy atom. The summed E-state index contributed by atoms with van der Waals surface area (Å²) in [6.07, 6.45) is 0.364. The summed E-state index contributed by atoms with van der Waals surface area (Å²) in [5.74, 6) is 0.857. The number of morpholine rings is 1. The highest BCUT2D eigenvalue weighted by molar-refractivity contribution is 7.71. The Hall–Kier alpha value is -2.49. The number of H-pyrrole nitrogens is 1. The number of benzene rings is 1. The van der Waals surface area contributed by atoms with E-state index in [1.165, 1.54) is 5.69 Å². The highest BCUT2D eigenvalue weighted by Gasteiger charge is 2.18. The third-order valence-electron chi connectivity index (χ3n) is 5.23. The first-order valence-corrected chi connectivity index (χ1v) is 11.3. The van der Waals surface area contributed by atoms with Crippen molar-refractivity contribution in [1.29, 1.82) is 0 Å². The monoisotopic (exact) mass is 443 g/mol. The molecule has 9 heteroatoms. The molecule has 0 atom stereocenters. The van der Waals surface area contributed by atoms with Crippen LogP contribution in [0, 0.1) is 4.77 Å². The molecule has 0 radical (unpaired) electrons. The SMILES string of the molecule is CN(Cc1ccccc1N1CCOCC1)C(=O)CCn1c(-c2cccs2)n[nH]c1=S. The van der Waals surface area contributed by atoms with Crippen LogP contribution in [0.4, 0.5) is 5.69 Å². The molecular formula is C21H25N5O2S2. The van der Waals surface area contributed by atoms with Gasteiger partial charge in [0.15, 0.2) is 10.6 Å². The van der Waals surface area contributed by atoms with Crippen LogP contribution < -0.4 is 4.90 Å². The number of thiophene rings is 1. The maximum absolute atomic E-state index is 12.9. The minimum atomic E-state index is 0.0759. The number of para-hydroxylation sites is 1. The van der Waals surface area contributed by atoms with E-state index in [9.17, 15) is 4.79 Å². The normalized spacial score (nSPS) is 14.1. The van der Waals surface area contributed by atoms with Gasteiger partial charge in [-0.1, -0.05) is 24.3 Å². The number of nitrogens with one attached hydrogen (secondary N) is 1. The summed E-state index contributed by atoms with van der Waals surface area (Å²) in [7, 11) is 1.85. The van der Waals surface area contributed by atoms with Gasteiger partial charge < -0.3 is 14.5 Å². The standard InChI is InChI=1S/C21H25N5O2S2/c1-24(15-16-5-2-3-6-17(16)25-10-12-28-13-11-25)19(27)8-9-26-20(22-23-21(26)29)18-7-4-14-30-18/h2-7,14H,8-13,15H2,1H3,(H,23,29). The summed E-state index contributed by atoms with van der Waals surface area (Å²) in [5.41, 5.74) is 2.33. The van der Waals surface area contributed by atoms with Crippen LogP contribution in [0.1, 0.15) is 12.0 Å². The average Bonchev–Trinajstić information content (AvgIpc) is 3.42. The van der Waals surface area contributed by atoms with E-state index in [2.05, 4.69) is 27.2 Å². The number of hydrogen-bond acceptors (Lipinski definition) is 6. The Morgan fingerprint density at radius 1 is 1.27 bits per heavy atom. The second-order valence-corrected chi connectivity index (χ2v) is 8.54. The fourth-order valence-electron chi connectivity index (χ4n) is 3.62. The lowest BCUT2D eigenvalue weighted by Crippen LogP contribution is -2.37. The first-order valence-electron chi connectivity index (χ1n) is 9.97. The lowest BCUT2D eigenvalue weighted by molar-refractivity contribution is -0.130. The number of anilines is 1. The number of aromatic nitrogens is 3. The minimum absolute atomic E-state index is 0.0759. The molecule has 0 bridgehead atoms. The molecule has 1 saturated heterocycles. The quantitative estimate of drug-likeness (QED) is 0.566. The summed E-state index contributed by atoms with van der Waals surface area (Å²) in [6.45, 7) is 4.29. The molecule has 2 aromatic heterocycles. The lowest BCUT2D eigenvalue weighted by Gasteiger charge is -2.31. The molecule has 0 saturated carbocycles. The van der Waals surface area contributed by atoms with Crippen LogP contribution in [0.3, 0.4) is 0 Å². The summed E-state index contributed by atoms with van der Waals surface area (Å²) in [6, 6.07) is 12.3. The molecule has 0 unspecified atom stereocenters. The minimum Gasteiger partial charge on any atom is -0.378 e. The van der Waals surface area contributed by atoms with Crippen molar-refractivity contribution in [1.82, 2.24) is 19.7 Å². The summed E-state index contributed by atoms with van der Waals surface area (Å²) >= 11 is 6.97. The Labute approximate surface area is 184 Å². The molecule has 1 aliphatic rings. The zero-order valence-corrected chi connectivity index (χ0v) is 18.5. The number of aromatic amines is 1. The van der Waals surface area contributed by atoms with Crippen LogP contribution in [0.2, 0.25) is 0 Å². The summed E-state index contributed by atoms with van der Waals surface area (Å²) < 4.78 is 7.90. The van der Waals surface area contributed by atoms with Gasteiger partial charge in [0.05, 0.1) is 18.1 Å². The number of amides is 1. The molecule has 30 heavy (non-hydrogen) atoms. The fraction of sp³-hybridized carbons (Fsp3) is 0.381. The first kappa shape index (κ1) is 20.8. The van der Waals surface area contributed by atoms with Gasteiger partial charge in [0.25, 0.3) is 0 Å². The van der Waals surface area contributed by atoms with Crippen LogP contribution in [-0.2, 0) is 22.6 Å². The van der Waals surface area contributed by atoms with Crippen LogP contribution >= 0.6 is 23.6 Å². The van der Waals surface area contributed by atoms with E-state index in [1.807, 2.05) is 41.3 Å². The van der Waals surface area contributed by atoms with Crippen LogP contribution in [-0.4, -0.2) is 58.9 Å². The first-order chi connectivity index (χ1) is 14.6. The van der Waals surface area contributed by atoms with Crippen molar-refractivity contribution in [2.75, 3.05) is 38.3 Å². The maximum Gasteiger partial charge on any atom is 0.224 e. The van der Waals surface area contributed by atoms with Crippen molar-refractivity contribution < 1.29 is 9.53 Å². The summed E-state index contributed by atoms with van der Waals surface area (Å²) in [4.78, 5) is 18.0. The number of carbonyl (C=O) groups is 1. The molecule has 7 nitrogen and oxygen atoms in total. The third-order valence-corrected chi connectivity index (χ3v) is 6.40. The number of ether oxygens (including phenoxy) is 1. The maximum atomic E-state index is 12.9. The average molecular weight is 444 g/mol. The van der Waals surface area contributed by atoms with Gasteiger partial charge in [-0.3, -0.25) is 14.5 Å². The topological polar surface area (TPSA) is 66.4 Å². The van der Waals surface area contributed by atoms with E-state index >= 15 is 0 Å². The van der Waals surface area contributed by atoms with E-state index in [-0.39, 0.29) is 5.91 Å². The zero-order chi connectivity index (χ0) is 20.9. The van der Waals surface area contributed by atoms with E-state index in [0.29, 0.717) is 24.3 Å². The van der Waals surface area contributed by atoms with Crippen molar-refractivity contribution in [2.24, 2.45) is 0 Å². The number of hydrogen-bond donors (Lipinski definition) is 1. The van der Waals surface area contributed by atoms with Crippen LogP contribution in [0.15, 0.2) is 41.8 Å². The van der Waals surface area contributed by atoms with Crippen molar-refractivity contribution in [3.8, 4) is 10.7 Å². The lowest BCUT2D eigenvalue weighted by atomic mass is 10.1. The Morgan fingerprint density at radius 2 is 2.07 bits per heavy atom. The molecule has 1 N–H and O–H groups in total. The van der Waals surface area contributed by atoms with Crippen molar-refractivity contribution in [3.63, 3.8) is 0 Å². The van der Waals surface area contributed by atoms with E-state index in [4.69, 9.17) is 17.0 Å². The van der Waals surface area contributed by atoms with Crippen molar-refractivity contribution in [3.05, 3.63) is 52.1 Å². The van der Waals surface area contributed by atoms with Gasteiger partial charge in [0.2, 0.25) is 5.91 Å². The number of carbonyl (C=O) groups excluding carboxylic acids is 1. The van der Waals surface area contributed by atoms with Gasteiger partial charge >= 0.3 is 0 Å². The third kappa shape index (κ3) is 4.63. The molecule has 0 aliphatic carbocycles. The second-order valence-electron chi connectivity index (χ2n) is 7.21. The van der Waals surface area contributed by atoms with Crippen molar-refractivity contribution >= 4 is 35.1 Å². The molecule has 4 rings (SSSR count). The predicted octanol–water partition coefficient (Wildman–Crippen LogP) is 3.55. The highest BCUT2D eigenvalue weighted by Crippen LogP contribution is 2.24. The van der Waals surface area contributed by atoms with Crippen LogP contribution in [0.5, 0.6) is 0 Å². The molecule has 1 fully saturated rings. The van der Waals surface area contributed by atoms with Gasteiger partial charge in [-0.05, 0) is 35.3 Å². The molecule has 1 aliphatic heterocycles. The highest BCUT2D eigenvalue weighted by atomic mass is 32.1. The predicted molar refractivity (Wildman–Crippen MR) is 121 cm³/mol. The Balaban J connectivity index is 1.41. The van der Waals surface area contributed by atoms with Crippen LogP contribution in [0.25, 0.3) is 10.7 Å².